The number of rotatable bonds is 3. The zero-order chi connectivity index (χ0) is 12.3. The van der Waals surface area contributed by atoms with Gasteiger partial charge >= 0.3 is 17.9 Å². The van der Waals surface area contributed by atoms with Crippen molar-refractivity contribution < 1.29 is 28.2 Å². The van der Waals surface area contributed by atoms with Crippen molar-refractivity contribution in [3.8, 4) is 0 Å². The highest BCUT2D eigenvalue weighted by Gasteiger charge is 2.42. The maximum absolute atomic E-state index is 13.0. The van der Waals surface area contributed by atoms with Crippen molar-refractivity contribution in [2.75, 3.05) is 7.11 Å². The molecule has 0 saturated heterocycles. The van der Waals surface area contributed by atoms with Crippen molar-refractivity contribution in [1.82, 2.24) is 4.98 Å². The lowest BCUT2D eigenvalue weighted by atomic mass is 10.1. The van der Waals surface area contributed by atoms with Crippen molar-refractivity contribution in [3.63, 3.8) is 0 Å². The van der Waals surface area contributed by atoms with Gasteiger partial charge in [-0.15, -0.1) is 0 Å². The molecule has 7 heteroatoms. The molecule has 5 nitrogen and oxygen atoms in total. The van der Waals surface area contributed by atoms with Gasteiger partial charge in [0.05, 0.1) is 12.7 Å². The lowest BCUT2D eigenvalue weighted by Crippen LogP contribution is -2.26. The number of nitrogens with zero attached hydrogens (tertiary/aromatic N) is 1. The summed E-state index contributed by atoms with van der Waals surface area (Å²) in [6, 6.07) is 1.83. The molecule has 0 unspecified atom stereocenters. The first kappa shape index (κ1) is 12.0. The Labute approximate surface area is 88.7 Å². The second-order valence-electron chi connectivity index (χ2n) is 2.80. The number of aliphatic carboxylic acids is 1. The van der Waals surface area contributed by atoms with Crippen LogP contribution < -0.4 is 0 Å². The average Bonchev–Trinajstić information content (AvgIpc) is 2.28. The number of halogens is 2. The number of ether oxygens (including phenoxy) is 1. The number of esters is 1. The zero-order valence-electron chi connectivity index (χ0n) is 8.11. The van der Waals surface area contributed by atoms with Crippen LogP contribution in [0.25, 0.3) is 0 Å². The highest BCUT2D eigenvalue weighted by Crippen LogP contribution is 2.26. The van der Waals surface area contributed by atoms with E-state index in [0.717, 1.165) is 19.4 Å². The summed E-state index contributed by atoms with van der Waals surface area (Å²) in [6.45, 7) is 0. The van der Waals surface area contributed by atoms with Crippen molar-refractivity contribution in [2.45, 2.75) is 5.92 Å². The molecule has 0 radical (unpaired) electrons. The topological polar surface area (TPSA) is 76.5 Å². The molecule has 0 bridgehead atoms. The van der Waals surface area contributed by atoms with E-state index in [-0.39, 0.29) is 5.56 Å². The Bertz CT molecular complexity index is 433. The summed E-state index contributed by atoms with van der Waals surface area (Å²) in [5.74, 6) is -7.31. The summed E-state index contributed by atoms with van der Waals surface area (Å²) >= 11 is 0. The Kier molecular flexibility index (Phi) is 3.17. The second-order valence-corrected chi connectivity index (χ2v) is 2.80. The third-order valence-corrected chi connectivity index (χ3v) is 1.77. The van der Waals surface area contributed by atoms with Crippen LogP contribution >= 0.6 is 0 Å². The summed E-state index contributed by atoms with van der Waals surface area (Å²) in [4.78, 5) is 24.5. The molecule has 16 heavy (non-hydrogen) atoms. The summed E-state index contributed by atoms with van der Waals surface area (Å²) < 4.78 is 30.3. The van der Waals surface area contributed by atoms with E-state index < -0.39 is 23.6 Å². The average molecular weight is 231 g/mol. The Balaban J connectivity index is 3.17. The Hall–Kier alpha value is -2.05. The first-order valence-corrected chi connectivity index (χ1v) is 4.05. The molecule has 0 aliphatic heterocycles. The first-order valence-electron chi connectivity index (χ1n) is 4.05. The molecular weight excluding hydrogens is 224 g/mol. The predicted molar refractivity (Wildman–Crippen MR) is 47.1 cm³/mol. The van der Waals surface area contributed by atoms with Gasteiger partial charge in [0.15, 0.2) is 0 Å². The predicted octanol–water partition coefficient (Wildman–Crippen LogP) is 1.04. The number of methoxy groups -OCH3 is 1. The molecule has 0 aromatic carbocycles. The Morgan fingerprint density at radius 2 is 2.12 bits per heavy atom. The van der Waals surface area contributed by atoms with E-state index in [1.807, 2.05) is 0 Å². The highest BCUT2D eigenvalue weighted by atomic mass is 19.3. The maximum atomic E-state index is 13.0. The quantitative estimate of drug-likeness (QED) is 0.786. The van der Waals surface area contributed by atoms with Gasteiger partial charge in [0.2, 0.25) is 0 Å². The van der Waals surface area contributed by atoms with E-state index in [4.69, 9.17) is 5.11 Å². The number of pyridine rings is 1. The number of carbonyl (C=O) groups is 2. The van der Waals surface area contributed by atoms with E-state index in [0.29, 0.717) is 6.07 Å². The zero-order valence-corrected chi connectivity index (χ0v) is 8.11. The molecule has 0 aliphatic rings. The monoisotopic (exact) mass is 231 g/mol. The molecule has 1 rings (SSSR count). The van der Waals surface area contributed by atoms with E-state index in [1.165, 1.54) is 0 Å². The second kappa shape index (κ2) is 4.21. The van der Waals surface area contributed by atoms with Crippen LogP contribution in [0.15, 0.2) is 18.3 Å². The molecule has 0 saturated carbocycles. The van der Waals surface area contributed by atoms with Crippen LogP contribution in [0.2, 0.25) is 0 Å². The maximum Gasteiger partial charge on any atom is 0.384 e. The molecule has 1 aromatic heterocycles. The fourth-order valence-corrected chi connectivity index (χ4v) is 0.957. The van der Waals surface area contributed by atoms with Gasteiger partial charge < -0.3 is 9.84 Å². The van der Waals surface area contributed by atoms with Crippen molar-refractivity contribution >= 4 is 11.9 Å². The number of carbonyl (C=O) groups excluding carboxylic acids is 1. The van der Waals surface area contributed by atoms with E-state index in [2.05, 4.69) is 9.72 Å². The number of alkyl halides is 2. The summed E-state index contributed by atoms with van der Waals surface area (Å²) in [5.41, 5.74) is -1.20. The molecule has 1 aromatic rings. The van der Waals surface area contributed by atoms with Gasteiger partial charge in [-0.3, -0.25) is 4.98 Å². The summed E-state index contributed by atoms with van der Waals surface area (Å²) in [6.07, 6.45) is 0.915. The lowest BCUT2D eigenvalue weighted by molar-refractivity contribution is -0.166. The van der Waals surface area contributed by atoms with Crippen molar-refractivity contribution in [1.29, 1.82) is 0 Å². The normalized spacial score (nSPS) is 10.9. The molecule has 0 fully saturated rings. The molecular formula is C9H7F2NO4. The first-order chi connectivity index (χ1) is 7.39. The number of hydrogen-bond donors (Lipinski definition) is 1. The van der Waals surface area contributed by atoms with Gasteiger partial charge in [0, 0.05) is 6.20 Å². The van der Waals surface area contributed by atoms with Crippen molar-refractivity contribution in [3.05, 3.63) is 29.6 Å². The van der Waals surface area contributed by atoms with Crippen molar-refractivity contribution in [2.24, 2.45) is 0 Å². The molecule has 0 amide bonds. The minimum absolute atomic E-state index is 0.187. The van der Waals surface area contributed by atoms with E-state index in [1.54, 1.807) is 0 Å². The van der Waals surface area contributed by atoms with E-state index in [9.17, 15) is 18.4 Å². The SMILES string of the molecule is COC(=O)c1ccnc(C(F)(F)C(=O)O)c1. The molecule has 1 heterocycles. The smallest absolute Gasteiger partial charge is 0.384 e. The summed E-state index contributed by atoms with van der Waals surface area (Å²) in [7, 11) is 1.08. The van der Waals surface area contributed by atoms with Gasteiger partial charge in [-0.2, -0.15) is 8.78 Å². The Morgan fingerprint density at radius 3 is 2.62 bits per heavy atom. The van der Waals surface area contributed by atoms with Crippen LogP contribution in [0.5, 0.6) is 0 Å². The fraction of sp³-hybridized carbons (Fsp3) is 0.222. The van der Waals surface area contributed by atoms with Gasteiger partial charge in [-0.1, -0.05) is 0 Å². The van der Waals surface area contributed by atoms with Crippen LogP contribution in [-0.2, 0) is 15.5 Å². The van der Waals surface area contributed by atoms with Crippen LogP contribution in [0.1, 0.15) is 16.1 Å². The fourth-order valence-electron chi connectivity index (χ4n) is 0.957. The summed E-state index contributed by atoms with van der Waals surface area (Å²) in [5, 5.41) is 8.28. The third kappa shape index (κ3) is 2.13. The highest BCUT2D eigenvalue weighted by molar-refractivity contribution is 5.89. The van der Waals surface area contributed by atoms with Gasteiger partial charge in [0.25, 0.3) is 0 Å². The van der Waals surface area contributed by atoms with Crippen LogP contribution in [0.3, 0.4) is 0 Å². The number of hydrogen-bond acceptors (Lipinski definition) is 4. The van der Waals surface area contributed by atoms with E-state index >= 15 is 0 Å². The van der Waals surface area contributed by atoms with Crippen LogP contribution in [-0.4, -0.2) is 29.1 Å². The molecule has 0 aliphatic carbocycles. The van der Waals surface area contributed by atoms with Crippen LogP contribution in [0, 0.1) is 0 Å². The Morgan fingerprint density at radius 1 is 1.50 bits per heavy atom. The van der Waals surface area contributed by atoms with Gasteiger partial charge in [-0.05, 0) is 12.1 Å². The third-order valence-electron chi connectivity index (χ3n) is 1.77. The number of aromatic nitrogens is 1. The lowest BCUT2D eigenvalue weighted by Gasteiger charge is -2.10. The minimum atomic E-state index is -4.13. The van der Waals surface area contributed by atoms with Gasteiger partial charge in [-0.25, -0.2) is 9.59 Å². The molecule has 0 atom stereocenters. The number of carboxylic acids is 1. The molecule has 0 spiro atoms. The minimum Gasteiger partial charge on any atom is -0.476 e. The number of carboxylic acid groups (broad SMARTS) is 1. The molecule has 86 valence electrons. The largest absolute Gasteiger partial charge is 0.476 e. The standard InChI is InChI=1S/C9H7F2NO4/c1-16-7(13)5-2-3-12-6(4-5)9(10,11)8(14)15/h2-4H,1H3,(H,14,15). The van der Waals surface area contributed by atoms with Crippen LogP contribution in [0.4, 0.5) is 8.78 Å². The molecule has 1 N–H and O–H groups in total. The van der Waals surface area contributed by atoms with Gasteiger partial charge in [0.1, 0.15) is 5.69 Å².